The van der Waals surface area contributed by atoms with Gasteiger partial charge < -0.3 is 11.1 Å². The van der Waals surface area contributed by atoms with Gasteiger partial charge in [0.1, 0.15) is 0 Å². The zero-order chi connectivity index (χ0) is 13.3. The minimum atomic E-state index is -0.294. The molecule has 1 fully saturated rings. The summed E-state index contributed by atoms with van der Waals surface area (Å²) in [4.78, 5) is 12.6. The predicted molar refractivity (Wildman–Crippen MR) is 75.6 cm³/mol. The maximum absolute atomic E-state index is 12.6. The molecular formula is C16H22N2O. The number of fused-ring (bicyclic) bond motifs is 1. The lowest BCUT2D eigenvalue weighted by atomic mass is 9.85. The van der Waals surface area contributed by atoms with Gasteiger partial charge >= 0.3 is 0 Å². The Labute approximate surface area is 114 Å². The van der Waals surface area contributed by atoms with Gasteiger partial charge in [0, 0.05) is 6.54 Å². The maximum Gasteiger partial charge on any atom is 0.227 e. The van der Waals surface area contributed by atoms with Gasteiger partial charge in [0.05, 0.1) is 11.5 Å². The molecule has 1 amide bonds. The lowest BCUT2D eigenvalue weighted by molar-refractivity contribution is -0.131. The topological polar surface area (TPSA) is 55.1 Å². The molecular weight excluding hydrogens is 236 g/mol. The minimum absolute atomic E-state index is 0.175. The Balaban J connectivity index is 1.74. The monoisotopic (exact) mass is 258 g/mol. The van der Waals surface area contributed by atoms with E-state index in [0.29, 0.717) is 6.54 Å². The molecule has 19 heavy (non-hydrogen) atoms. The van der Waals surface area contributed by atoms with E-state index in [2.05, 4.69) is 29.6 Å². The summed E-state index contributed by atoms with van der Waals surface area (Å²) in [6.07, 6.45) is 6.24. The van der Waals surface area contributed by atoms with E-state index in [0.717, 1.165) is 38.5 Å². The standard InChI is InChI=1S/C16H22N2O/c17-11-16(9-3-4-10-16)15(19)18-14-8-7-12-5-1-2-6-13(12)14/h1-2,5-6,14H,3-4,7-11,17H2,(H,18,19). The van der Waals surface area contributed by atoms with E-state index < -0.39 is 0 Å². The molecule has 0 saturated heterocycles. The summed E-state index contributed by atoms with van der Waals surface area (Å²) in [7, 11) is 0. The Morgan fingerprint density at radius 3 is 2.79 bits per heavy atom. The highest BCUT2D eigenvalue weighted by atomic mass is 16.2. The highest BCUT2D eigenvalue weighted by molar-refractivity contribution is 5.83. The second-order valence-corrected chi connectivity index (χ2v) is 5.96. The number of nitrogens with two attached hydrogens (primary N) is 1. The largest absolute Gasteiger partial charge is 0.349 e. The van der Waals surface area contributed by atoms with Crippen molar-refractivity contribution < 1.29 is 4.79 Å². The third kappa shape index (κ3) is 2.16. The first-order chi connectivity index (χ1) is 9.25. The van der Waals surface area contributed by atoms with Crippen molar-refractivity contribution in [2.24, 2.45) is 11.1 Å². The van der Waals surface area contributed by atoms with E-state index in [-0.39, 0.29) is 17.4 Å². The van der Waals surface area contributed by atoms with Gasteiger partial charge in [-0.2, -0.15) is 0 Å². The average Bonchev–Trinajstić information content (AvgIpc) is 3.07. The van der Waals surface area contributed by atoms with Crippen LogP contribution in [0.15, 0.2) is 24.3 Å². The summed E-state index contributed by atoms with van der Waals surface area (Å²) in [5.74, 6) is 0.175. The van der Waals surface area contributed by atoms with E-state index >= 15 is 0 Å². The van der Waals surface area contributed by atoms with Gasteiger partial charge in [0.15, 0.2) is 0 Å². The Bertz CT molecular complexity index is 477. The molecule has 3 rings (SSSR count). The molecule has 102 valence electrons. The van der Waals surface area contributed by atoms with Gasteiger partial charge in [-0.3, -0.25) is 4.79 Å². The van der Waals surface area contributed by atoms with Crippen molar-refractivity contribution in [1.29, 1.82) is 0 Å². The molecule has 2 aliphatic rings. The van der Waals surface area contributed by atoms with Crippen LogP contribution in [-0.4, -0.2) is 12.5 Å². The highest BCUT2D eigenvalue weighted by Crippen LogP contribution is 2.39. The summed E-state index contributed by atoms with van der Waals surface area (Å²) in [6.45, 7) is 0.479. The number of amides is 1. The van der Waals surface area contributed by atoms with Crippen LogP contribution in [0.1, 0.15) is 49.3 Å². The van der Waals surface area contributed by atoms with Crippen LogP contribution in [0.5, 0.6) is 0 Å². The molecule has 3 nitrogen and oxygen atoms in total. The second kappa shape index (κ2) is 4.97. The van der Waals surface area contributed by atoms with Crippen molar-refractivity contribution in [3.63, 3.8) is 0 Å². The SMILES string of the molecule is NCC1(C(=O)NC2CCc3ccccc32)CCCC1. The van der Waals surface area contributed by atoms with Gasteiger partial charge in [-0.15, -0.1) is 0 Å². The van der Waals surface area contributed by atoms with Crippen LogP contribution in [0, 0.1) is 5.41 Å². The summed E-state index contributed by atoms with van der Waals surface area (Å²) in [6, 6.07) is 8.61. The van der Waals surface area contributed by atoms with Gasteiger partial charge in [-0.1, -0.05) is 37.1 Å². The molecule has 1 aromatic rings. The molecule has 3 heteroatoms. The Kier molecular flexibility index (Phi) is 3.31. The Morgan fingerprint density at radius 2 is 2.05 bits per heavy atom. The van der Waals surface area contributed by atoms with Crippen molar-refractivity contribution in [2.75, 3.05) is 6.54 Å². The number of rotatable bonds is 3. The zero-order valence-electron chi connectivity index (χ0n) is 11.3. The van der Waals surface area contributed by atoms with Gasteiger partial charge in [-0.25, -0.2) is 0 Å². The van der Waals surface area contributed by atoms with E-state index in [1.165, 1.54) is 11.1 Å². The minimum Gasteiger partial charge on any atom is -0.349 e. The van der Waals surface area contributed by atoms with E-state index in [1.807, 2.05) is 0 Å². The van der Waals surface area contributed by atoms with Crippen molar-refractivity contribution in [1.82, 2.24) is 5.32 Å². The average molecular weight is 258 g/mol. The zero-order valence-corrected chi connectivity index (χ0v) is 11.3. The number of hydrogen-bond acceptors (Lipinski definition) is 2. The number of aryl methyl sites for hydroxylation is 1. The summed E-state index contributed by atoms with van der Waals surface area (Å²) < 4.78 is 0. The van der Waals surface area contributed by atoms with Crippen LogP contribution in [-0.2, 0) is 11.2 Å². The fourth-order valence-corrected chi connectivity index (χ4v) is 3.59. The molecule has 1 atom stereocenters. The number of hydrogen-bond donors (Lipinski definition) is 2. The molecule has 1 unspecified atom stereocenters. The smallest absolute Gasteiger partial charge is 0.227 e. The number of benzene rings is 1. The van der Waals surface area contributed by atoms with Crippen LogP contribution in [0.2, 0.25) is 0 Å². The van der Waals surface area contributed by atoms with Crippen molar-refractivity contribution in [3.8, 4) is 0 Å². The summed E-state index contributed by atoms with van der Waals surface area (Å²) in [5, 5.41) is 3.25. The molecule has 0 aliphatic heterocycles. The number of nitrogens with one attached hydrogen (secondary N) is 1. The number of carbonyl (C=O) groups is 1. The fraction of sp³-hybridized carbons (Fsp3) is 0.562. The van der Waals surface area contributed by atoms with Crippen molar-refractivity contribution >= 4 is 5.91 Å². The molecule has 3 N–H and O–H groups in total. The summed E-state index contributed by atoms with van der Waals surface area (Å²) in [5.41, 5.74) is 8.25. The first kappa shape index (κ1) is 12.7. The maximum atomic E-state index is 12.6. The Hall–Kier alpha value is -1.35. The fourth-order valence-electron chi connectivity index (χ4n) is 3.59. The second-order valence-electron chi connectivity index (χ2n) is 5.96. The van der Waals surface area contributed by atoms with Crippen molar-refractivity contribution in [2.45, 2.75) is 44.6 Å². The molecule has 0 radical (unpaired) electrons. The lowest BCUT2D eigenvalue weighted by Gasteiger charge is -2.28. The first-order valence-electron chi connectivity index (χ1n) is 7.34. The summed E-state index contributed by atoms with van der Waals surface area (Å²) >= 11 is 0. The molecule has 0 aromatic heterocycles. The van der Waals surface area contributed by atoms with Gasteiger partial charge in [0.25, 0.3) is 0 Å². The van der Waals surface area contributed by atoms with E-state index in [9.17, 15) is 4.79 Å². The Morgan fingerprint density at radius 1 is 1.32 bits per heavy atom. The van der Waals surface area contributed by atoms with Gasteiger partial charge in [-0.05, 0) is 36.8 Å². The van der Waals surface area contributed by atoms with E-state index in [1.54, 1.807) is 0 Å². The highest BCUT2D eigenvalue weighted by Gasteiger charge is 2.41. The third-order valence-electron chi connectivity index (χ3n) is 4.87. The molecule has 0 heterocycles. The molecule has 2 aliphatic carbocycles. The lowest BCUT2D eigenvalue weighted by Crippen LogP contribution is -2.45. The van der Waals surface area contributed by atoms with Gasteiger partial charge in [0.2, 0.25) is 5.91 Å². The van der Waals surface area contributed by atoms with Crippen LogP contribution < -0.4 is 11.1 Å². The predicted octanol–water partition coefficient (Wildman–Crippen LogP) is 2.31. The van der Waals surface area contributed by atoms with Crippen molar-refractivity contribution in [3.05, 3.63) is 35.4 Å². The molecule has 1 saturated carbocycles. The van der Waals surface area contributed by atoms with Crippen LogP contribution in [0.3, 0.4) is 0 Å². The quantitative estimate of drug-likeness (QED) is 0.874. The first-order valence-corrected chi connectivity index (χ1v) is 7.34. The normalized spacial score (nSPS) is 24.2. The van der Waals surface area contributed by atoms with Crippen LogP contribution in [0.25, 0.3) is 0 Å². The molecule has 1 aromatic carbocycles. The molecule has 0 spiro atoms. The van der Waals surface area contributed by atoms with Crippen LogP contribution in [0.4, 0.5) is 0 Å². The number of carbonyl (C=O) groups excluding carboxylic acids is 1. The van der Waals surface area contributed by atoms with Crippen LogP contribution >= 0.6 is 0 Å². The van der Waals surface area contributed by atoms with E-state index in [4.69, 9.17) is 5.73 Å². The third-order valence-corrected chi connectivity index (χ3v) is 4.87. The molecule has 0 bridgehead atoms.